The number of carbonyl (C=O) groups is 1. The van der Waals surface area contributed by atoms with Crippen molar-refractivity contribution < 1.29 is 4.79 Å². The number of rotatable bonds is 2. The maximum absolute atomic E-state index is 12.7. The predicted molar refractivity (Wildman–Crippen MR) is 91.9 cm³/mol. The van der Waals surface area contributed by atoms with Gasteiger partial charge in [0.2, 0.25) is 5.91 Å². The molecule has 6 nitrogen and oxygen atoms in total. The number of carbonyl (C=O) groups excluding carboxylic acids is 1. The number of benzene rings is 1. The third kappa shape index (κ3) is 2.57. The molecule has 1 amide bonds. The SMILES string of the molecule is Cc1nc(C)n(CC(=O)N2CCc3[nH]c4ccc(Cl)cc4c3C2)n1. The van der Waals surface area contributed by atoms with Gasteiger partial charge >= 0.3 is 0 Å². The number of halogens is 1. The predicted octanol–water partition coefficient (Wildman–Crippen LogP) is 2.61. The summed E-state index contributed by atoms with van der Waals surface area (Å²) in [5.74, 6) is 1.51. The molecular weight excluding hydrogens is 326 g/mol. The van der Waals surface area contributed by atoms with E-state index in [2.05, 4.69) is 15.1 Å². The summed E-state index contributed by atoms with van der Waals surface area (Å²) in [5, 5.41) is 6.08. The molecule has 0 saturated carbocycles. The second-order valence-electron chi connectivity index (χ2n) is 6.20. The summed E-state index contributed by atoms with van der Waals surface area (Å²) in [6, 6.07) is 5.83. The molecule has 3 aromatic rings. The first-order valence-electron chi connectivity index (χ1n) is 7.96. The molecule has 0 radical (unpaired) electrons. The van der Waals surface area contributed by atoms with Crippen LogP contribution in [0.15, 0.2) is 18.2 Å². The van der Waals surface area contributed by atoms with Gasteiger partial charge in [0.25, 0.3) is 0 Å². The number of aryl methyl sites for hydroxylation is 2. The minimum absolute atomic E-state index is 0.0602. The van der Waals surface area contributed by atoms with Gasteiger partial charge in [0, 0.05) is 46.7 Å². The fraction of sp³-hybridized carbons (Fsp3) is 0.353. The van der Waals surface area contributed by atoms with Gasteiger partial charge in [-0.1, -0.05) is 11.6 Å². The molecule has 1 aliphatic rings. The van der Waals surface area contributed by atoms with Crippen LogP contribution < -0.4 is 0 Å². The number of hydrogen-bond donors (Lipinski definition) is 1. The van der Waals surface area contributed by atoms with Crippen LogP contribution in [0.1, 0.15) is 22.9 Å². The Morgan fingerprint density at radius 2 is 2.21 bits per heavy atom. The molecule has 7 heteroatoms. The lowest BCUT2D eigenvalue weighted by Gasteiger charge is -2.27. The summed E-state index contributed by atoms with van der Waals surface area (Å²) in [7, 11) is 0. The molecule has 1 aliphatic heterocycles. The van der Waals surface area contributed by atoms with E-state index in [9.17, 15) is 4.79 Å². The van der Waals surface area contributed by atoms with Crippen LogP contribution in [-0.2, 0) is 24.3 Å². The summed E-state index contributed by atoms with van der Waals surface area (Å²) in [6.07, 6.45) is 0.822. The second-order valence-corrected chi connectivity index (χ2v) is 6.64. The molecule has 0 fully saturated rings. The molecule has 4 rings (SSSR count). The summed E-state index contributed by atoms with van der Waals surface area (Å²) >= 11 is 6.13. The highest BCUT2D eigenvalue weighted by Gasteiger charge is 2.24. The van der Waals surface area contributed by atoms with E-state index < -0.39 is 0 Å². The lowest BCUT2D eigenvalue weighted by molar-refractivity contribution is -0.133. The highest BCUT2D eigenvalue weighted by atomic mass is 35.5. The van der Waals surface area contributed by atoms with Crippen LogP contribution in [0.5, 0.6) is 0 Å². The molecule has 0 unspecified atom stereocenters. The highest BCUT2D eigenvalue weighted by molar-refractivity contribution is 6.31. The quantitative estimate of drug-likeness (QED) is 0.777. The first-order chi connectivity index (χ1) is 11.5. The van der Waals surface area contributed by atoms with Crippen molar-refractivity contribution in [2.24, 2.45) is 0 Å². The van der Waals surface area contributed by atoms with E-state index in [-0.39, 0.29) is 12.5 Å². The fourth-order valence-electron chi connectivity index (χ4n) is 3.34. The van der Waals surface area contributed by atoms with Crippen molar-refractivity contribution in [2.45, 2.75) is 33.4 Å². The minimum atomic E-state index is 0.0602. The first-order valence-corrected chi connectivity index (χ1v) is 8.34. The third-order valence-electron chi connectivity index (χ3n) is 4.54. The Labute approximate surface area is 144 Å². The number of H-pyrrole nitrogens is 1. The third-order valence-corrected chi connectivity index (χ3v) is 4.77. The van der Waals surface area contributed by atoms with Crippen molar-refractivity contribution in [1.82, 2.24) is 24.6 Å². The molecular formula is C17H18ClN5O. The average Bonchev–Trinajstić information content (AvgIpc) is 3.06. The normalized spacial score (nSPS) is 14.2. The van der Waals surface area contributed by atoms with Crippen molar-refractivity contribution in [1.29, 1.82) is 0 Å². The van der Waals surface area contributed by atoms with Crippen LogP contribution in [-0.4, -0.2) is 37.1 Å². The summed E-state index contributed by atoms with van der Waals surface area (Å²) < 4.78 is 1.67. The van der Waals surface area contributed by atoms with Crippen molar-refractivity contribution in [3.63, 3.8) is 0 Å². The van der Waals surface area contributed by atoms with E-state index in [4.69, 9.17) is 11.6 Å². The summed E-state index contributed by atoms with van der Waals surface area (Å²) in [4.78, 5) is 22.2. The average molecular weight is 344 g/mol. The van der Waals surface area contributed by atoms with E-state index in [0.29, 0.717) is 23.9 Å². The Hall–Kier alpha value is -2.34. The smallest absolute Gasteiger partial charge is 0.244 e. The van der Waals surface area contributed by atoms with Crippen molar-refractivity contribution in [3.8, 4) is 0 Å². The molecule has 24 heavy (non-hydrogen) atoms. The Balaban J connectivity index is 1.59. The first kappa shape index (κ1) is 15.2. The van der Waals surface area contributed by atoms with E-state index in [0.717, 1.165) is 23.1 Å². The van der Waals surface area contributed by atoms with Gasteiger partial charge in [-0.15, -0.1) is 0 Å². The van der Waals surface area contributed by atoms with Gasteiger partial charge in [0.1, 0.15) is 18.2 Å². The molecule has 0 saturated heterocycles. The van der Waals surface area contributed by atoms with Gasteiger partial charge in [-0.25, -0.2) is 9.67 Å². The number of amides is 1. The van der Waals surface area contributed by atoms with Crippen LogP contribution in [0.4, 0.5) is 0 Å². The van der Waals surface area contributed by atoms with E-state index in [1.807, 2.05) is 36.9 Å². The van der Waals surface area contributed by atoms with Gasteiger partial charge in [0.15, 0.2) is 0 Å². The number of nitrogens with one attached hydrogen (secondary N) is 1. The molecule has 0 spiro atoms. The van der Waals surface area contributed by atoms with Gasteiger partial charge < -0.3 is 9.88 Å². The van der Waals surface area contributed by atoms with E-state index in [1.165, 1.54) is 11.3 Å². The van der Waals surface area contributed by atoms with Gasteiger partial charge in [0.05, 0.1) is 0 Å². The standard InChI is InChI=1S/C17H18ClN5O/c1-10-19-11(2)23(21-10)9-17(24)22-6-5-16-14(8-22)13-7-12(18)3-4-15(13)20-16/h3-4,7,20H,5-6,8-9H2,1-2H3. The largest absolute Gasteiger partial charge is 0.358 e. The van der Waals surface area contributed by atoms with Crippen LogP contribution in [0, 0.1) is 13.8 Å². The lowest BCUT2D eigenvalue weighted by atomic mass is 10.0. The zero-order valence-electron chi connectivity index (χ0n) is 13.6. The zero-order valence-corrected chi connectivity index (χ0v) is 14.4. The molecule has 0 atom stereocenters. The summed E-state index contributed by atoms with van der Waals surface area (Å²) in [5.41, 5.74) is 3.43. The van der Waals surface area contributed by atoms with Crippen LogP contribution in [0.3, 0.4) is 0 Å². The Bertz CT molecular complexity index is 942. The Morgan fingerprint density at radius 1 is 1.38 bits per heavy atom. The van der Waals surface area contributed by atoms with Gasteiger partial charge in [-0.05, 0) is 32.0 Å². The molecule has 1 aromatic carbocycles. The van der Waals surface area contributed by atoms with Crippen LogP contribution in [0.25, 0.3) is 10.9 Å². The van der Waals surface area contributed by atoms with Crippen molar-refractivity contribution >= 4 is 28.4 Å². The molecule has 2 aromatic heterocycles. The topological polar surface area (TPSA) is 66.8 Å². The molecule has 1 N–H and O–H groups in total. The maximum atomic E-state index is 12.7. The monoisotopic (exact) mass is 343 g/mol. The molecule has 3 heterocycles. The highest BCUT2D eigenvalue weighted by Crippen LogP contribution is 2.29. The molecule has 0 aliphatic carbocycles. The Kier molecular flexibility index (Phi) is 3.57. The summed E-state index contributed by atoms with van der Waals surface area (Å²) in [6.45, 7) is 5.23. The number of aromatic nitrogens is 4. The van der Waals surface area contributed by atoms with Crippen molar-refractivity contribution in [2.75, 3.05) is 6.54 Å². The Morgan fingerprint density at radius 3 is 2.96 bits per heavy atom. The number of aromatic amines is 1. The van der Waals surface area contributed by atoms with E-state index in [1.54, 1.807) is 4.68 Å². The van der Waals surface area contributed by atoms with E-state index >= 15 is 0 Å². The second kappa shape index (κ2) is 5.63. The molecule has 0 bridgehead atoms. The lowest BCUT2D eigenvalue weighted by Crippen LogP contribution is -2.38. The molecule has 124 valence electrons. The number of nitrogens with zero attached hydrogens (tertiary/aromatic N) is 4. The minimum Gasteiger partial charge on any atom is -0.358 e. The zero-order chi connectivity index (χ0) is 16.8. The van der Waals surface area contributed by atoms with Gasteiger partial charge in [-0.2, -0.15) is 5.10 Å². The number of hydrogen-bond acceptors (Lipinski definition) is 3. The number of fused-ring (bicyclic) bond motifs is 3. The van der Waals surface area contributed by atoms with Gasteiger partial charge in [-0.3, -0.25) is 4.79 Å². The van der Waals surface area contributed by atoms with Crippen LogP contribution >= 0.6 is 11.6 Å². The fourth-order valence-corrected chi connectivity index (χ4v) is 3.51. The van der Waals surface area contributed by atoms with Crippen molar-refractivity contribution in [3.05, 3.63) is 46.1 Å². The van der Waals surface area contributed by atoms with Crippen LogP contribution in [0.2, 0.25) is 5.02 Å². The maximum Gasteiger partial charge on any atom is 0.244 e.